The first-order valence-electron chi connectivity index (χ1n) is 5.58. The van der Waals surface area contributed by atoms with Gasteiger partial charge in [0.2, 0.25) is 17.7 Å². The van der Waals surface area contributed by atoms with Crippen LogP contribution in [0, 0.1) is 11.3 Å². The molecule has 0 aromatic carbocycles. The van der Waals surface area contributed by atoms with E-state index in [4.69, 9.17) is 5.26 Å². The lowest BCUT2D eigenvalue weighted by molar-refractivity contribution is -0.151. The first-order valence-corrected chi connectivity index (χ1v) is 5.58. The third kappa shape index (κ3) is 3.45. The van der Waals surface area contributed by atoms with Crippen LogP contribution in [0.2, 0.25) is 0 Å². The van der Waals surface area contributed by atoms with Crippen LogP contribution in [0.1, 0.15) is 6.42 Å². The van der Waals surface area contributed by atoms with E-state index in [1.165, 1.54) is 14.7 Å². The zero-order valence-electron chi connectivity index (χ0n) is 10.5. The molecule has 7 nitrogen and oxygen atoms in total. The van der Waals surface area contributed by atoms with Crippen molar-refractivity contribution in [2.45, 2.75) is 6.42 Å². The predicted octanol–water partition coefficient (Wildman–Crippen LogP) is -1.34. The Labute approximate surface area is 106 Å². The second-order valence-corrected chi connectivity index (χ2v) is 4.22. The molecule has 1 aliphatic rings. The van der Waals surface area contributed by atoms with Crippen LogP contribution in [-0.4, -0.2) is 72.7 Å². The summed E-state index contributed by atoms with van der Waals surface area (Å²) in [6.45, 7) is 0.159. The molecule has 98 valence electrons. The van der Waals surface area contributed by atoms with Crippen molar-refractivity contribution in [3.63, 3.8) is 0 Å². The summed E-state index contributed by atoms with van der Waals surface area (Å²) in [5, 5.41) is 8.42. The van der Waals surface area contributed by atoms with Gasteiger partial charge in [0.1, 0.15) is 13.1 Å². The summed E-state index contributed by atoms with van der Waals surface area (Å²) in [7, 11) is 3.13. The molecule has 0 aromatic heterocycles. The highest BCUT2D eigenvalue weighted by molar-refractivity contribution is 5.94. The lowest BCUT2D eigenvalue weighted by Crippen LogP contribution is -2.54. The van der Waals surface area contributed by atoms with Crippen LogP contribution in [0.25, 0.3) is 0 Å². The summed E-state index contributed by atoms with van der Waals surface area (Å²) < 4.78 is 0. The minimum atomic E-state index is -0.268. The van der Waals surface area contributed by atoms with E-state index in [1.54, 1.807) is 14.1 Å². The van der Waals surface area contributed by atoms with Crippen LogP contribution in [0.3, 0.4) is 0 Å². The van der Waals surface area contributed by atoms with E-state index in [1.807, 2.05) is 6.07 Å². The molecule has 1 rings (SSSR count). The van der Waals surface area contributed by atoms with E-state index < -0.39 is 0 Å². The highest BCUT2D eigenvalue weighted by Gasteiger charge is 2.29. The molecule has 18 heavy (non-hydrogen) atoms. The van der Waals surface area contributed by atoms with Crippen molar-refractivity contribution < 1.29 is 14.4 Å². The molecule has 1 aliphatic heterocycles. The standard InChI is InChI=1S/C11H16N4O3/c1-13(5-3-4-12)9(16)7-15-8-10(17)14(2)6-11(15)18/h3,5-8H2,1-2H3. The maximum absolute atomic E-state index is 11.7. The van der Waals surface area contributed by atoms with E-state index in [2.05, 4.69) is 0 Å². The highest BCUT2D eigenvalue weighted by atomic mass is 16.2. The van der Waals surface area contributed by atoms with Crippen LogP contribution in [0.15, 0.2) is 0 Å². The molecule has 7 heteroatoms. The molecule has 0 saturated carbocycles. The monoisotopic (exact) mass is 252 g/mol. The molecule has 0 spiro atoms. The van der Waals surface area contributed by atoms with E-state index in [0.717, 1.165) is 0 Å². The zero-order valence-corrected chi connectivity index (χ0v) is 10.5. The van der Waals surface area contributed by atoms with E-state index >= 15 is 0 Å². The van der Waals surface area contributed by atoms with Gasteiger partial charge in [-0.2, -0.15) is 5.26 Å². The van der Waals surface area contributed by atoms with Gasteiger partial charge in [0.15, 0.2) is 0 Å². The maximum Gasteiger partial charge on any atom is 0.243 e. The highest BCUT2D eigenvalue weighted by Crippen LogP contribution is 2.03. The van der Waals surface area contributed by atoms with Crippen molar-refractivity contribution in [2.24, 2.45) is 0 Å². The fourth-order valence-corrected chi connectivity index (χ4v) is 1.53. The van der Waals surface area contributed by atoms with Crippen molar-refractivity contribution >= 4 is 17.7 Å². The van der Waals surface area contributed by atoms with Gasteiger partial charge < -0.3 is 14.7 Å². The van der Waals surface area contributed by atoms with Gasteiger partial charge in [-0.05, 0) is 0 Å². The Morgan fingerprint density at radius 2 is 2.06 bits per heavy atom. The van der Waals surface area contributed by atoms with Gasteiger partial charge in [-0.3, -0.25) is 14.4 Å². The Bertz CT molecular complexity index is 402. The molecule has 0 N–H and O–H groups in total. The van der Waals surface area contributed by atoms with Gasteiger partial charge in [0.05, 0.1) is 19.0 Å². The lowest BCUT2D eigenvalue weighted by atomic mass is 10.3. The summed E-state index contributed by atoms with van der Waals surface area (Å²) >= 11 is 0. The van der Waals surface area contributed by atoms with Crippen LogP contribution >= 0.6 is 0 Å². The summed E-state index contributed by atoms with van der Waals surface area (Å²) in [5.41, 5.74) is 0. The maximum atomic E-state index is 11.7. The average Bonchev–Trinajstić information content (AvgIpc) is 2.32. The minimum absolute atomic E-state index is 0.00796. The first kappa shape index (κ1) is 14.0. The number of carbonyl (C=O) groups excluding carboxylic acids is 3. The fourth-order valence-electron chi connectivity index (χ4n) is 1.53. The number of rotatable bonds is 4. The molecule has 0 radical (unpaired) electrons. The molecule has 0 bridgehead atoms. The van der Waals surface area contributed by atoms with Gasteiger partial charge in [-0.15, -0.1) is 0 Å². The Morgan fingerprint density at radius 1 is 1.39 bits per heavy atom. The van der Waals surface area contributed by atoms with Crippen molar-refractivity contribution in [3.8, 4) is 6.07 Å². The molecular weight excluding hydrogens is 236 g/mol. The van der Waals surface area contributed by atoms with E-state index in [-0.39, 0.29) is 43.8 Å². The first-order chi connectivity index (χ1) is 8.45. The molecule has 1 saturated heterocycles. The topological polar surface area (TPSA) is 84.7 Å². The number of hydrogen-bond acceptors (Lipinski definition) is 4. The van der Waals surface area contributed by atoms with Gasteiger partial charge in [0, 0.05) is 20.6 Å². The Balaban J connectivity index is 2.51. The number of carbonyl (C=O) groups is 3. The Morgan fingerprint density at radius 3 is 2.67 bits per heavy atom. The molecule has 0 aliphatic carbocycles. The van der Waals surface area contributed by atoms with Gasteiger partial charge in [0.25, 0.3) is 0 Å². The Kier molecular flexibility index (Phi) is 4.66. The molecule has 0 unspecified atom stereocenters. The molecule has 3 amide bonds. The molecular formula is C11H16N4O3. The second kappa shape index (κ2) is 6.00. The third-order valence-corrected chi connectivity index (χ3v) is 2.79. The average molecular weight is 252 g/mol. The lowest BCUT2D eigenvalue weighted by Gasteiger charge is -2.32. The van der Waals surface area contributed by atoms with Gasteiger partial charge in [-0.1, -0.05) is 0 Å². The van der Waals surface area contributed by atoms with Crippen LogP contribution in [-0.2, 0) is 14.4 Å². The second-order valence-electron chi connectivity index (χ2n) is 4.22. The van der Waals surface area contributed by atoms with Gasteiger partial charge >= 0.3 is 0 Å². The number of amides is 3. The SMILES string of the molecule is CN(CCC#N)C(=O)CN1CC(=O)N(C)CC1=O. The van der Waals surface area contributed by atoms with E-state index in [0.29, 0.717) is 6.54 Å². The molecule has 1 heterocycles. The smallest absolute Gasteiger partial charge is 0.243 e. The number of nitrogens with zero attached hydrogens (tertiary/aromatic N) is 4. The Hall–Kier alpha value is -2.10. The van der Waals surface area contributed by atoms with Crippen LogP contribution in [0.5, 0.6) is 0 Å². The summed E-state index contributed by atoms with van der Waals surface area (Å²) in [5.74, 6) is -0.683. The summed E-state index contributed by atoms with van der Waals surface area (Å²) in [6.07, 6.45) is 0.248. The van der Waals surface area contributed by atoms with Crippen molar-refractivity contribution in [3.05, 3.63) is 0 Å². The third-order valence-electron chi connectivity index (χ3n) is 2.79. The van der Waals surface area contributed by atoms with Crippen molar-refractivity contribution in [1.82, 2.24) is 14.7 Å². The van der Waals surface area contributed by atoms with Gasteiger partial charge in [-0.25, -0.2) is 0 Å². The number of hydrogen-bond donors (Lipinski definition) is 0. The zero-order chi connectivity index (χ0) is 13.7. The minimum Gasteiger partial charge on any atom is -0.343 e. The van der Waals surface area contributed by atoms with Crippen LogP contribution in [0.4, 0.5) is 0 Å². The van der Waals surface area contributed by atoms with E-state index in [9.17, 15) is 14.4 Å². The van der Waals surface area contributed by atoms with Crippen LogP contribution < -0.4 is 0 Å². The number of nitriles is 1. The number of piperazine rings is 1. The largest absolute Gasteiger partial charge is 0.343 e. The molecule has 0 atom stereocenters. The fraction of sp³-hybridized carbons (Fsp3) is 0.636. The summed E-state index contributed by atoms with van der Waals surface area (Å²) in [6, 6.07) is 1.94. The summed E-state index contributed by atoms with van der Waals surface area (Å²) in [4.78, 5) is 38.8. The normalized spacial score (nSPS) is 15.6. The molecule has 1 fully saturated rings. The molecule has 0 aromatic rings. The van der Waals surface area contributed by atoms with Crippen molar-refractivity contribution in [2.75, 3.05) is 40.3 Å². The predicted molar refractivity (Wildman–Crippen MR) is 62.1 cm³/mol. The van der Waals surface area contributed by atoms with Crippen molar-refractivity contribution in [1.29, 1.82) is 5.26 Å². The quantitative estimate of drug-likeness (QED) is 0.619. The number of likely N-dealkylation sites (N-methyl/N-ethyl adjacent to an activating group) is 2.